The van der Waals surface area contributed by atoms with Crippen LogP contribution in [0.1, 0.15) is 41.4 Å². The zero-order chi connectivity index (χ0) is 19.9. The van der Waals surface area contributed by atoms with E-state index in [-0.39, 0.29) is 11.4 Å². The van der Waals surface area contributed by atoms with Crippen LogP contribution >= 0.6 is 0 Å². The van der Waals surface area contributed by atoms with Crippen LogP contribution in [0.5, 0.6) is 5.75 Å². The number of aryl methyl sites for hydroxylation is 1. The molecule has 0 bridgehead atoms. The molecule has 1 aliphatic heterocycles. The Labute approximate surface area is 166 Å². The van der Waals surface area contributed by atoms with Gasteiger partial charge in [-0.15, -0.1) is 0 Å². The largest absolute Gasteiger partial charge is 0.505 e. The lowest BCUT2D eigenvalue weighted by molar-refractivity contribution is 0.0687. The Morgan fingerprint density at radius 2 is 2.11 bits per heavy atom. The Balaban J connectivity index is 1.53. The molecule has 1 aromatic carbocycles. The van der Waals surface area contributed by atoms with E-state index in [2.05, 4.69) is 52.5 Å². The van der Waals surface area contributed by atoms with Crippen molar-refractivity contribution in [2.75, 3.05) is 19.6 Å². The van der Waals surface area contributed by atoms with Crippen molar-refractivity contribution in [3.05, 3.63) is 59.4 Å². The van der Waals surface area contributed by atoms with Crippen LogP contribution in [-0.4, -0.2) is 57.8 Å². The zero-order valence-electron chi connectivity index (χ0n) is 16.3. The van der Waals surface area contributed by atoms with Gasteiger partial charge in [-0.2, -0.15) is 0 Å². The predicted molar refractivity (Wildman–Crippen MR) is 109 cm³/mol. The highest BCUT2D eigenvalue weighted by Gasteiger charge is 2.26. The number of pyridine rings is 1. The number of carboxylic acid groups (broad SMARTS) is 1. The van der Waals surface area contributed by atoms with Gasteiger partial charge in [-0.3, -0.25) is 4.90 Å². The Kier molecular flexibility index (Phi) is 7.01. The topological polar surface area (TPSA) is 85.7 Å². The molecule has 1 saturated heterocycles. The molecule has 2 unspecified atom stereocenters. The molecule has 0 radical (unpaired) electrons. The molecule has 3 N–H and O–H groups in total. The maximum absolute atomic E-state index is 10.9. The molecule has 28 heavy (non-hydrogen) atoms. The van der Waals surface area contributed by atoms with E-state index in [4.69, 9.17) is 5.11 Å². The molecule has 0 aliphatic carbocycles. The number of benzene rings is 1. The molecule has 0 saturated carbocycles. The summed E-state index contributed by atoms with van der Waals surface area (Å²) in [6.45, 7) is 5.36. The van der Waals surface area contributed by atoms with Crippen molar-refractivity contribution in [2.24, 2.45) is 0 Å². The van der Waals surface area contributed by atoms with E-state index in [1.165, 1.54) is 11.6 Å². The molecule has 6 nitrogen and oxygen atoms in total. The summed E-state index contributed by atoms with van der Waals surface area (Å²) in [6.07, 6.45) is 5.40. The standard InChI is InChI=1S/C22H29N3O3/c1-16(6-5-9-18-13-20(26)21(22(27)28)24-14-18)25-11-10-23-15-19(25)12-17-7-3-2-4-8-17/h2-4,7-8,13-14,16,19,23,26H,5-6,9-12,15H2,1H3,(H,27,28). The third-order valence-electron chi connectivity index (χ3n) is 5.49. The van der Waals surface area contributed by atoms with Crippen molar-refractivity contribution in [1.29, 1.82) is 0 Å². The fraction of sp³-hybridized carbons (Fsp3) is 0.455. The van der Waals surface area contributed by atoms with E-state index in [9.17, 15) is 9.90 Å². The van der Waals surface area contributed by atoms with Crippen LogP contribution in [0.15, 0.2) is 42.6 Å². The van der Waals surface area contributed by atoms with Crippen molar-refractivity contribution < 1.29 is 15.0 Å². The number of carbonyl (C=O) groups is 1. The molecule has 150 valence electrons. The van der Waals surface area contributed by atoms with Gasteiger partial charge in [0.2, 0.25) is 0 Å². The average Bonchev–Trinajstić information content (AvgIpc) is 2.69. The smallest absolute Gasteiger partial charge is 0.358 e. The minimum Gasteiger partial charge on any atom is -0.505 e. The molecule has 2 aromatic rings. The normalized spacial score (nSPS) is 18.7. The number of aromatic carboxylic acids is 1. The first-order valence-electron chi connectivity index (χ1n) is 9.96. The fourth-order valence-corrected chi connectivity index (χ4v) is 4.00. The lowest BCUT2D eigenvalue weighted by Crippen LogP contribution is -2.55. The second kappa shape index (κ2) is 9.66. The summed E-state index contributed by atoms with van der Waals surface area (Å²) in [6, 6.07) is 13.1. The number of nitrogens with zero attached hydrogens (tertiary/aromatic N) is 2. The molecule has 1 fully saturated rings. The summed E-state index contributed by atoms with van der Waals surface area (Å²) < 4.78 is 0. The van der Waals surface area contributed by atoms with Gasteiger partial charge < -0.3 is 15.5 Å². The first-order valence-corrected chi connectivity index (χ1v) is 9.96. The SMILES string of the molecule is CC(CCCc1cnc(C(=O)O)c(O)c1)N1CCNCC1Cc1ccccc1. The van der Waals surface area contributed by atoms with Gasteiger partial charge >= 0.3 is 5.97 Å². The second-order valence-electron chi connectivity index (χ2n) is 7.54. The number of nitrogens with one attached hydrogen (secondary N) is 1. The average molecular weight is 383 g/mol. The highest BCUT2D eigenvalue weighted by Crippen LogP contribution is 2.20. The fourth-order valence-electron chi connectivity index (χ4n) is 4.00. The lowest BCUT2D eigenvalue weighted by atomic mass is 9.99. The third-order valence-corrected chi connectivity index (χ3v) is 5.49. The number of hydrogen-bond donors (Lipinski definition) is 3. The van der Waals surface area contributed by atoms with E-state index in [1.54, 1.807) is 6.20 Å². The first kappa shape index (κ1) is 20.3. The minimum atomic E-state index is -1.21. The summed E-state index contributed by atoms with van der Waals surface area (Å²) in [7, 11) is 0. The van der Waals surface area contributed by atoms with Gasteiger partial charge in [0, 0.05) is 37.9 Å². The molecule has 0 spiro atoms. The quantitative estimate of drug-likeness (QED) is 0.650. The number of piperazine rings is 1. The van der Waals surface area contributed by atoms with E-state index >= 15 is 0 Å². The minimum absolute atomic E-state index is 0.261. The Hall–Kier alpha value is -2.44. The molecule has 2 atom stereocenters. The van der Waals surface area contributed by atoms with Gasteiger partial charge in [0.15, 0.2) is 5.69 Å². The van der Waals surface area contributed by atoms with E-state index < -0.39 is 5.97 Å². The van der Waals surface area contributed by atoms with Crippen LogP contribution in [0.25, 0.3) is 0 Å². The highest BCUT2D eigenvalue weighted by atomic mass is 16.4. The number of hydrogen-bond acceptors (Lipinski definition) is 5. The first-order chi connectivity index (χ1) is 13.5. The van der Waals surface area contributed by atoms with Crippen LogP contribution < -0.4 is 5.32 Å². The number of aromatic hydroxyl groups is 1. The summed E-state index contributed by atoms with van der Waals surface area (Å²) in [5.41, 5.74) is 1.95. The van der Waals surface area contributed by atoms with Crippen LogP contribution in [0.3, 0.4) is 0 Å². The molecule has 0 amide bonds. The number of aromatic nitrogens is 1. The second-order valence-corrected chi connectivity index (χ2v) is 7.54. The van der Waals surface area contributed by atoms with Gasteiger partial charge in [0.05, 0.1) is 0 Å². The zero-order valence-corrected chi connectivity index (χ0v) is 16.3. The number of rotatable bonds is 8. The Morgan fingerprint density at radius 3 is 2.82 bits per heavy atom. The maximum Gasteiger partial charge on any atom is 0.358 e. The highest BCUT2D eigenvalue weighted by molar-refractivity contribution is 5.88. The summed E-state index contributed by atoms with van der Waals surface area (Å²) in [5, 5.41) is 22.3. The molecule has 1 aromatic heterocycles. The Morgan fingerprint density at radius 1 is 1.32 bits per heavy atom. The van der Waals surface area contributed by atoms with Crippen LogP contribution in [0, 0.1) is 0 Å². The van der Waals surface area contributed by atoms with Crippen LogP contribution in [-0.2, 0) is 12.8 Å². The van der Waals surface area contributed by atoms with Gasteiger partial charge in [-0.25, -0.2) is 9.78 Å². The molecule has 6 heteroatoms. The molecule has 3 rings (SSSR count). The molecule has 2 heterocycles. The van der Waals surface area contributed by atoms with E-state index in [0.717, 1.165) is 50.9 Å². The van der Waals surface area contributed by atoms with Gasteiger partial charge in [0.25, 0.3) is 0 Å². The lowest BCUT2D eigenvalue weighted by Gasteiger charge is -2.40. The number of carboxylic acids is 1. The van der Waals surface area contributed by atoms with Gasteiger partial charge in [0.1, 0.15) is 5.75 Å². The maximum atomic E-state index is 10.9. The molecular formula is C22H29N3O3. The molecule has 1 aliphatic rings. The Bertz CT molecular complexity index is 782. The monoisotopic (exact) mass is 383 g/mol. The summed E-state index contributed by atoms with van der Waals surface area (Å²) in [5.74, 6) is -1.47. The third kappa shape index (κ3) is 5.30. The van der Waals surface area contributed by atoms with E-state index in [1.807, 2.05) is 0 Å². The van der Waals surface area contributed by atoms with Gasteiger partial charge in [-0.05, 0) is 49.8 Å². The molecular weight excluding hydrogens is 354 g/mol. The van der Waals surface area contributed by atoms with Gasteiger partial charge in [-0.1, -0.05) is 30.3 Å². The van der Waals surface area contributed by atoms with Crippen molar-refractivity contribution >= 4 is 5.97 Å². The van der Waals surface area contributed by atoms with Crippen molar-refractivity contribution in [3.63, 3.8) is 0 Å². The van der Waals surface area contributed by atoms with Crippen LogP contribution in [0.4, 0.5) is 0 Å². The van der Waals surface area contributed by atoms with Crippen molar-refractivity contribution in [3.8, 4) is 5.75 Å². The summed E-state index contributed by atoms with van der Waals surface area (Å²) in [4.78, 5) is 17.4. The van der Waals surface area contributed by atoms with E-state index in [0.29, 0.717) is 12.1 Å². The van der Waals surface area contributed by atoms with Crippen molar-refractivity contribution in [1.82, 2.24) is 15.2 Å². The van der Waals surface area contributed by atoms with Crippen molar-refractivity contribution in [2.45, 2.75) is 44.7 Å². The predicted octanol–water partition coefficient (Wildman–Crippen LogP) is 2.71. The van der Waals surface area contributed by atoms with Crippen LogP contribution in [0.2, 0.25) is 0 Å². The summed E-state index contributed by atoms with van der Waals surface area (Å²) >= 11 is 0.